The van der Waals surface area contributed by atoms with E-state index in [1.54, 1.807) is 12.3 Å². The molecule has 0 aliphatic heterocycles. The van der Waals surface area contributed by atoms with Crippen molar-refractivity contribution in [2.75, 3.05) is 17.7 Å². The third-order valence-corrected chi connectivity index (χ3v) is 3.16. The van der Waals surface area contributed by atoms with Crippen molar-refractivity contribution in [3.05, 3.63) is 17.3 Å². The van der Waals surface area contributed by atoms with Crippen molar-refractivity contribution >= 4 is 29.4 Å². The quantitative estimate of drug-likeness (QED) is 0.707. The van der Waals surface area contributed by atoms with Crippen LogP contribution in [0.15, 0.2) is 11.2 Å². The minimum atomic E-state index is -0.765. The van der Waals surface area contributed by atoms with Crippen LogP contribution in [-0.2, 0) is 0 Å². The number of nitrogen functional groups attached to an aromatic ring is 2. The Morgan fingerprint density at radius 3 is 2.45 bits per heavy atom. The Balaban J connectivity index is 2.55. The summed E-state index contributed by atoms with van der Waals surface area (Å²) in [4.78, 5) is 12.2. The van der Waals surface area contributed by atoms with Gasteiger partial charge < -0.3 is 11.5 Å². The minimum absolute atomic E-state index is 0.0645. The lowest BCUT2D eigenvalue weighted by Gasteiger charge is -2.03. The van der Waals surface area contributed by atoms with E-state index in [1.807, 2.05) is 6.07 Å². The van der Waals surface area contributed by atoms with Crippen molar-refractivity contribution in [2.45, 2.75) is 5.03 Å². The lowest BCUT2D eigenvalue weighted by Crippen LogP contribution is -2.24. The fourth-order valence-electron chi connectivity index (χ4n) is 1.49. The van der Waals surface area contributed by atoms with Crippen LogP contribution in [0.3, 0.4) is 0 Å². The SMILES string of the molecule is CSc1nn(C(=O)n2ncc(C#N)c2N)c(N)c1C#N. The summed E-state index contributed by atoms with van der Waals surface area (Å²) < 4.78 is 1.63. The predicted octanol–water partition coefficient (Wildman–Crippen LogP) is 0.226. The van der Waals surface area contributed by atoms with E-state index in [1.165, 1.54) is 11.8 Å². The normalized spacial score (nSPS) is 9.95. The van der Waals surface area contributed by atoms with Crippen LogP contribution in [0.4, 0.5) is 16.4 Å². The van der Waals surface area contributed by atoms with Crippen molar-refractivity contribution in [1.82, 2.24) is 19.6 Å². The summed E-state index contributed by atoms with van der Waals surface area (Å²) in [5.74, 6) is -0.216. The molecule has 0 radical (unpaired) electrons. The van der Waals surface area contributed by atoms with Crippen LogP contribution in [0.25, 0.3) is 0 Å². The molecule has 20 heavy (non-hydrogen) atoms. The van der Waals surface area contributed by atoms with Crippen molar-refractivity contribution in [1.29, 1.82) is 10.5 Å². The molecule has 0 saturated carbocycles. The molecule has 10 heteroatoms. The van der Waals surface area contributed by atoms with E-state index in [0.29, 0.717) is 5.03 Å². The molecular weight excluding hydrogens is 280 g/mol. The molecule has 2 aromatic rings. The van der Waals surface area contributed by atoms with E-state index in [0.717, 1.165) is 15.6 Å². The van der Waals surface area contributed by atoms with Gasteiger partial charge in [-0.2, -0.15) is 30.1 Å². The zero-order valence-electron chi connectivity index (χ0n) is 10.2. The second-order valence-corrected chi connectivity index (χ2v) is 4.34. The monoisotopic (exact) mass is 288 g/mol. The molecule has 4 N–H and O–H groups in total. The molecule has 2 heterocycles. The zero-order chi connectivity index (χ0) is 14.9. The molecule has 0 aliphatic rings. The highest BCUT2D eigenvalue weighted by Gasteiger charge is 2.23. The van der Waals surface area contributed by atoms with Gasteiger partial charge in [0.1, 0.15) is 34.1 Å². The average Bonchev–Trinajstić information content (AvgIpc) is 2.98. The number of carbonyl (C=O) groups excluding carboxylic acids is 1. The molecule has 0 atom stereocenters. The van der Waals surface area contributed by atoms with Gasteiger partial charge in [-0.3, -0.25) is 0 Å². The summed E-state index contributed by atoms with van der Waals surface area (Å²) in [6, 6.07) is 2.91. The Hall–Kier alpha value is -2.98. The van der Waals surface area contributed by atoms with Crippen LogP contribution in [0.2, 0.25) is 0 Å². The van der Waals surface area contributed by atoms with Gasteiger partial charge in [0, 0.05) is 0 Å². The van der Waals surface area contributed by atoms with Crippen molar-refractivity contribution in [3.8, 4) is 12.1 Å². The van der Waals surface area contributed by atoms with E-state index in [-0.39, 0.29) is 22.8 Å². The third-order valence-electron chi connectivity index (χ3n) is 2.48. The number of nitrogens with zero attached hydrogens (tertiary/aromatic N) is 6. The summed E-state index contributed by atoms with van der Waals surface area (Å²) in [6.45, 7) is 0. The predicted molar refractivity (Wildman–Crippen MR) is 70.7 cm³/mol. The molecule has 0 spiro atoms. The highest BCUT2D eigenvalue weighted by Crippen LogP contribution is 2.24. The third kappa shape index (κ3) is 1.84. The second-order valence-electron chi connectivity index (χ2n) is 3.54. The molecule has 0 saturated heterocycles. The minimum Gasteiger partial charge on any atom is -0.382 e. The fourth-order valence-corrected chi connectivity index (χ4v) is 2.01. The summed E-state index contributed by atoms with van der Waals surface area (Å²) >= 11 is 1.18. The van der Waals surface area contributed by atoms with Crippen LogP contribution in [0, 0.1) is 22.7 Å². The van der Waals surface area contributed by atoms with Crippen LogP contribution < -0.4 is 11.5 Å². The van der Waals surface area contributed by atoms with E-state index < -0.39 is 6.03 Å². The van der Waals surface area contributed by atoms with Crippen LogP contribution in [-0.4, -0.2) is 31.8 Å². The average molecular weight is 288 g/mol. The number of carbonyl (C=O) groups is 1. The summed E-state index contributed by atoms with van der Waals surface area (Å²) in [6.07, 6.45) is 2.86. The van der Waals surface area contributed by atoms with Crippen molar-refractivity contribution in [3.63, 3.8) is 0 Å². The molecule has 2 aromatic heterocycles. The van der Waals surface area contributed by atoms with Gasteiger partial charge >= 0.3 is 6.03 Å². The molecular formula is C10H8N8OS. The number of thioether (sulfide) groups is 1. The van der Waals surface area contributed by atoms with Gasteiger partial charge in [0.15, 0.2) is 5.82 Å². The molecule has 0 fully saturated rings. The van der Waals surface area contributed by atoms with Gasteiger partial charge in [0.2, 0.25) is 0 Å². The van der Waals surface area contributed by atoms with Gasteiger partial charge in [-0.05, 0) is 6.26 Å². The number of hydrogen-bond acceptors (Lipinski definition) is 8. The van der Waals surface area contributed by atoms with E-state index in [9.17, 15) is 4.79 Å². The number of rotatable bonds is 1. The van der Waals surface area contributed by atoms with Crippen LogP contribution in [0.1, 0.15) is 11.1 Å². The Kier molecular flexibility index (Phi) is 3.33. The first kappa shape index (κ1) is 13.5. The van der Waals surface area contributed by atoms with Crippen LogP contribution >= 0.6 is 11.8 Å². The highest BCUT2D eigenvalue weighted by molar-refractivity contribution is 7.98. The smallest absolute Gasteiger partial charge is 0.373 e. The van der Waals surface area contributed by atoms with Crippen molar-refractivity contribution in [2.24, 2.45) is 0 Å². The van der Waals surface area contributed by atoms with Gasteiger partial charge in [-0.1, -0.05) is 0 Å². The zero-order valence-corrected chi connectivity index (χ0v) is 11.0. The number of aromatic nitrogens is 4. The maximum absolute atomic E-state index is 12.2. The number of nitrogens with two attached hydrogens (primary N) is 2. The largest absolute Gasteiger partial charge is 0.382 e. The van der Waals surface area contributed by atoms with E-state index in [2.05, 4.69) is 10.2 Å². The summed E-state index contributed by atoms with van der Waals surface area (Å²) in [5, 5.41) is 25.7. The maximum atomic E-state index is 12.2. The van der Waals surface area contributed by atoms with Gasteiger partial charge in [-0.25, -0.2) is 4.79 Å². The van der Waals surface area contributed by atoms with Gasteiger partial charge in [0.05, 0.1) is 6.20 Å². The molecule has 0 amide bonds. The Bertz CT molecular complexity index is 775. The molecule has 0 unspecified atom stereocenters. The first-order chi connectivity index (χ1) is 9.54. The molecule has 2 rings (SSSR count). The molecule has 9 nitrogen and oxygen atoms in total. The lowest BCUT2D eigenvalue weighted by atomic mass is 10.4. The lowest BCUT2D eigenvalue weighted by molar-refractivity contribution is 0.239. The number of anilines is 2. The Morgan fingerprint density at radius 1 is 1.30 bits per heavy atom. The van der Waals surface area contributed by atoms with Crippen molar-refractivity contribution < 1.29 is 4.79 Å². The highest BCUT2D eigenvalue weighted by atomic mass is 32.2. The number of hydrogen-bond donors (Lipinski definition) is 2. The summed E-state index contributed by atoms with van der Waals surface area (Å²) in [5.41, 5.74) is 11.5. The maximum Gasteiger partial charge on any atom is 0.373 e. The summed E-state index contributed by atoms with van der Waals surface area (Å²) in [7, 11) is 0. The van der Waals surface area contributed by atoms with Gasteiger partial charge in [-0.15, -0.1) is 11.8 Å². The van der Waals surface area contributed by atoms with Crippen LogP contribution in [0.5, 0.6) is 0 Å². The molecule has 0 aromatic carbocycles. The second kappa shape index (κ2) is 4.95. The topological polar surface area (TPSA) is 152 Å². The number of nitriles is 2. The van der Waals surface area contributed by atoms with E-state index >= 15 is 0 Å². The Morgan fingerprint density at radius 2 is 2.00 bits per heavy atom. The standard InChI is InChI=1S/C10H8N8OS/c1-20-9-6(3-12)8(14)18(16-9)10(19)17-7(13)5(2-11)4-15-17/h4H,13-14H2,1H3. The Labute approximate surface area is 117 Å². The first-order valence-electron chi connectivity index (χ1n) is 5.16. The van der Waals surface area contributed by atoms with Gasteiger partial charge in [0.25, 0.3) is 0 Å². The van der Waals surface area contributed by atoms with E-state index in [4.69, 9.17) is 22.0 Å². The first-order valence-corrected chi connectivity index (χ1v) is 6.38. The molecule has 0 bridgehead atoms. The fraction of sp³-hybridized carbons (Fsp3) is 0.100. The molecule has 0 aliphatic carbocycles. The molecule has 100 valence electrons.